The maximum atomic E-state index is 11.2. The molecular formula is C19H32O. The van der Waals surface area contributed by atoms with Crippen LogP contribution < -0.4 is 0 Å². The Kier molecular flexibility index (Phi) is 11.0. The van der Waals surface area contributed by atoms with Crippen molar-refractivity contribution in [3.63, 3.8) is 0 Å². The van der Waals surface area contributed by atoms with Gasteiger partial charge < -0.3 is 0 Å². The van der Waals surface area contributed by atoms with Crippen molar-refractivity contribution in [1.82, 2.24) is 0 Å². The summed E-state index contributed by atoms with van der Waals surface area (Å²) < 4.78 is 0. The molecule has 0 aliphatic heterocycles. The van der Waals surface area contributed by atoms with E-state index in [2.05, 4.69) is 45.9 Å². The summed E-state index contributed by atoms with van der Waals surface area (Å²) in [5.74, 6) is 0.365. The smallest absolute Gasteiger partial charge is 0.132 e. The Morgan fingerprint density at radius 1 is 0.750 bits per heavy atom. The molecule has 0 radical (unpaired) electrons. The van der Waals surface area contributed by atoms with Gasteiger partial charge in [-0.2, -0.15) is 0 Å². The number of carbonyl (C=O) groups excluding carboxylic acids is 1. The second-order valence-corrected chi connectivity index (χ2v) is 5.89. The van der Waals surface area contributed by atoms with Crippen LogP contribution in [0.25, 0.3) is 0 Å². The zero-order chi connectivity index (χ0) is 15.4. The van der Waals surface area contributed by atoms with Gasteiger partial charge in [-0.3, -0.25) is 4.79 Å². The van der Waals surface area contributed by atoms with Crippen LogP contribution in [0, 0.1) is 0 Å². The Morgan fingerprint density at radius 2 is 1.20 bits per heavy atom. The number of carbonyl (C=O) groups is 1. The monoisotopic (exact) mass is 276 g/mol. The van der Waals surface area contributed by atoms with E-state index in [4.69, 9.17) is 0 Å². The Labute approximate surface area is 125 Å². The molecule has 0 unspecified atom stereocenters. The molecule has 0 rings (SSSR count). The van der Waals surface area contributed by atoms with Crippen molar-refractivity contribution in [3.05, 3.63) is 34.9 Å². The van der Waals surface area contributed by atoms with E-state index >= 15 is 0 Å². The van der Waals surface area contributed by atoms with Crippen LogP contribution in [0.15, 0.2) is 34.9 Å². The summed E-state index contributed by atoms with van der Waals surface area (Å²) in [5.41, 5.74) is 4.29. The van der Waals surface area contributed by atoms with Crippen LogP contribution in [0.4, 0.5) is 0 Å². The Hall–Kier alpha value is -1.11. The van der Waals surface area contributed by atoms with Gasteiger partial charge in [-0.05, 0) is 59.8 Å². The minimum atomic E-state index is 0.365. The zero-order valence-electron chi connectivity index (χ0n) is 14.1. The number of hydrogen-bond acceptors (Lipinski definition) is 1. The van der Waals surface area contributed by atoms with Gasteiger partial charge in [-0.15, -0.1) is 0 Å². The molecular weight excluding hydrogens is 244 g/mol. The first-order valence-corrected chi connectivity index (χ1v) is 7.92. The molecule has 0 saturated carbocycles. The molecule has 0 aliphatic rings. The number of hydrogen-bond donors (Lipinski definition) is 0. The van der Waals surface area contributed by atoms with Gasteiger partial charge in [-0.25, -0.2) is 0 Å². The fraction of sp³-hybridized carbons (Fsp3) is 0.632. The van der Waals surface area contributed by atoms with Gasteiger partial charge in [-0.1, -0.05) is 41.9 Å². The van der Waals surface area contributed by atoms with Crippen molar-refractivity contribution in [2.24, 2.45) is 0 Å². The molecule has 0 fully saturated rings. The molecule has 0 aromatic rings. The highest BCUT2D eigenvalue weighted by Gasteiger charge is 1.96. The van der Waals surface area contributed by atoms with E-state index < -0.39 is 0 Å². The maximum Gasteiger partial charge on any atom is 0.132 e. The average Bonchev–Trinajstić information content (AvgIpc) is 2.38. The summed E-state index contributed by atoms with van der Waals surface area (Å²) in [6, 6.07) is 0. The van der Waals surface area contributed by atoms with Gasteiger partial charge in [0.2, 0.25) is 0 Å². The number of ketones is 1. The Bertz CT molecular complexity index is 365. The predicted octanol–water partition coefficient (Wildman–Crippen LogP) is 6.16. The van der Waals surface area contributed by atoms with E-state index in [0.29, 0.717) is 18.6 Å². The van der Waals surface area contributed by atoms with Gasteiger partial charge >= 0.3 is 0 Å². The lowest BCUT2D eigenvalue weighted by molar-refractivity contribution is -0.118. The number of Topliss-reactive ketones (excluding diaryl/α,β-unsaturated/α-hetero) is 1. The summed E-state index contributed by atoms with van der Waals surface area (Å²) in [5, 5.41) is 0. The van der Waals surface area contributed by atoms with Gasteiger partial charge in [0.15, 0.2) is 0 Å². The van der Waals surface area contributed by atoms with Crippen LogP contribution in [0.2, 0.25) is 0 Å². The lowest BCUT2D eigenvalue weighted by atomic mass is 10.0. The highest BCUT2D eigenvalue weighted by Crippen LogP contribution is 2.12. The fourth-order valence-electron chi connectivity index (χ4n) is 2.00. The molecule has 0 saturated heterocycles. The quantitative estimate of drug-likeness (QED) is 0.436. The van der Waals surface area contributed by atoms with E-state index in [1.165, 1.54) is 23.1 Å². The van der Waals surface area contributed by atoms with Crippen LogP contribution in [0.3, 0.4) is 0 Å². The Balaban J connectivity index is 3.88. The molecule has 1 nitrogen and oxygen atoms in total. The zero-order valence-corrected chi connectivity index (χ0v) is 14.1. The molecule has 20 heavy (non-hydrogen) atoms. The molecule has 0 atom stereocenters. The van der Waals surface area contributed by atoms with Crippen molar-refractivity contribution in [2.75, 3.05) is 0 Å². The standard InChI is InChI=1S/C19H32O/c1-6-19(20)15-9-14-18(5)13-8-12-17(4)11-7-10-16(2)3/h10,12,14H,6-9,11,13,15H2,1-5H3. The lowest BCUT2D eigenvalue weighted by Crippen LogP contribution is -1.93. The minimum Gasteiger partial charge on any atom is -0.300 e. The molecule has 1 heteroatoms. The first-order chi connectivity index (χ1) is 9.45. The average molecular weight is 276 g/mol. The summed E-state index contributed by atoms with van der Waals surface area (Å²) in [6.45, 7) is 10.6. The fourth-order valence-corrected chi connectivity index (χ4v) is 2.00. The SMILES string of the molecule is CCC(=O)CCC=C(C)CCC=C(C)CCC=C(C)C. The highest BCUT2D eigenvalue weighted by molar-refractivity contribution is 5.78. The number of allylic oxidation sites excluding steroid dienone is 6. The Morgan fingerprint density at radius 3 is 1.65 bits per heavy atom. The third-order valence-corrected chi connectivity index (χ3v) is 3.43. The molecule has 0 bridgehead atoms. The maximum absolute atomic E-state index is 11.2. The van der Waals surface area contributed by atoms with Crippen molar-refractivity contribution in [2.45, 2.75) is 79.6 Å². The third kappa shape index (κ3) is 12.0. The second-order valence-electron chi connectivity index (χ2n) is 5.89. The summed E-state index contributed by atoms with van der Waals surface area (Å²) >= 11 is 0. The van der Waals surface area contributed by atoms with E-state index in [0.717, 1.165) is 25.7 Å². The molecule has 114 valence electrons. The highest BCUT2D eigenvalue weighted by atomic mass is 16.1. The van der Waals surface area contributed by atoms with Gasteiger partial charge in [0.1, 0.15) is 5.78 Å². The lowest BCUT2D eigenvalue weighted by Gasteiger charge is -2.01. The van der Waals surface area contributed by atoms with E-state index in [-0.39, 0.29) is 0 Å². The molecule has 0 aromatic heterocycles. The topological polar surface area (TPSA) is 17.1 Å². The molecule has 0 aromatic carbocycles. The van der Waals surface area contributed by atoms with Crippen LogP contribution in [0.5, 0.6) is 0 Å². The molecule has 0 aliphatic carbocycles. The largest absolute Gasteiger partial charge is 0.300 e. The minimum absolute atomic E-state index is 0.365. The first kappa shape index (κ1) is 18.9. The summed E-state index contributed by atoms with van der Waals surface area (Å²) in [4.78, 5) is 11.2. The summed E-state index contributed by atoms with van der Waals surface area (Å²) in [6.07, 6.45) is 13.7. The first-order valence-electron chi connectivity index (χ1n) is 7.92. The van der Waals surface area contributed by atoms with Gasteiger partial charge in [0.25, 0.3) is 0 Å². The van der Waals surface area contributed by atoms with E-state index in [9.17, 15) is 4.79 Å². The van der Waals surface area contributed by atoms with E-state index in [1.807, 2.05) is 6.92 Å². The normalized spacial score (nSPS) is 12.4. The summed E-state index contributed by atoms with van der Waals surface area (Å²) in [7, 11) is 0. The van der Waals surface area contributed by atoms with Crippen molar-refractivity contribution >= 4 is 5.78 Å². The van der Waals surface area contributed by atoms with Crippen LogP contribution in [0.1, 0.15) is 79.6 Å². The van der Waals surface area contributed by atoms with Crippen molar-refractivity contribution < 1.29 is 4.79 Å². The molecule has 0 amide bonds. The van der Waals surface area contributed by atoms with Crippen LogP contribution in [-0.2, 0) is 4.79 Å². The number of rotatable bonds is 10. The van der Waals surface area contributed by atoms with Crippen molar-refractivity contribution in [3.8, 4) is 0 Å². The van der Waals surface area contributed by atoms with Crippen LogP contribution >= 0.6 is 0 Å². The molecule has 0 heterocycles. The van der Waals surface area contributed by atoms with E-state index in [1.54, 1.807) is 0 Å². The van der Waals surface area contributed by atoms with Gasteiger partial charge in [0.05, 0.1) is 0 Å². The van der Waals surface area contributed by atoms with Crippen molar-refractivity contribution in [1.29, 1.82) is 0 Å². The van der Waals surface area contributed by atoms with Crippen LogP contribution in [-0.4, -0.2) is 5.78 Å². The third-order valence-electron chi connectivity index (χ3n) is 3.43. The molecule has 0 N–H and O–H groups in total. The van der Waals surface area contributed by atoms with Gasteiger partial charge in [0, 0.05) is 12.8 Å². The second kappa shape index (κ2) is 11.7. The predicted molar refractivity (Wildman–Crippen MR) is 89.9 cm³/mol. The molecule has 0 spiro atoms.